The molecule has 166 valence electrons. The predicted octanol–water partition coefficient (Wildman–Crippen LogP) is 2.24. The molecule has 1 amide bonds. The van der Waals surface area contributed by atoms with Gasteiger partial charge in [0.1, 0.15) is 5.75 Å². The third-order valence-corrected chi connectivity index (χ3v) is 5.47. The van der Waals surface area contributed by atoms with E-state index in [1.165, 1.54) is 7.11 Å². The van der Waals surface area contributed by atoms with E-state index in [2.05, 4.69) is 17.1 Å². The first-order valence-corrected chi connectivity index (χ1v) is 10.8. The van der Waals surface area contributed by atoms with Crippen LogP contribution in [0, 0.1) is 0 Å². The summed E-state index contributed by atoms with van der Waals surface area (Å²) in [4.78, 5) is 28.8. The Balaban J connectivity index is 1.83. The van der Waals surface area contributed by atoms with E-state index in [1.807, 2.05) is 19.9 Å². The van der Waals surface area contributed by atoms with E-state index < -0.39 is 5.97 Å². The van der Waals surface area contributed by atoms with Gasteiger partial charge in [-0.25, -0.2) is 4.79 Å². The second-order valence-electron chi connectivity index (χ2n) is 7.96. The molecule has 1 saturated heterocycles. The van der Waals surface area contributed by atoms with E-state index in [4.69, 9.17) is 9.47 Å². The van der Waals surface area contributed by atoms with Crippen LogP contribution in [0.25, 0.3) is 0 Å². The number of benzene rings is 2. The van der Waals surface area contributed by atoms with Crippen LogP contribution in [-0.2, 0) is 4.74 Å². The van der Waals surface area contributed by atoms with E-state index in [0.717, 1.165) is 44.2 Å². The Hall–Kier alpha value is -3.06. The Labute approximate surface area is 183 Å². The standard InChI is InChI=1S/C24H31N3O4/c1-5-26-12-14-27(15-13-26)22-11-8-19(24(29)30-4)16-21(22)25-23(28)18-6-9-20(10-7-18)31-17(2)3/h6-11,16-17H,5,12-15H2,1-4H3,(H,25,28)/p+1. The monoisotopic (exact) mass is 426 g/mol. The van der Waals surface area contributed by atoms with Gasteiger partial charge in [-0.1, -0.05) is 0 Å². The first-order valence-electron chi connectivity index (χ1n) is 10.8. The van der Waals surface area contributed by atoms with E-state index in [9.17, 15) is 9.59 Å². The van der Waals surface area contributed by atoms with Crippen LogP contribution in [-0.4, -0.2) is 57.8 Å². The first kappa shape index (κ1) is 22.6. The third kappa shape index (κ3) is 5.76. The van der Waals surface area contributed by atoms with Crippen LogP contribution < -0.4 is 19.9 Å². The summed E-state index contributed by atoms with van der Waals surface area (Å²) >= 11 is 0. The number of ether oxygens (including phenoxy) is 2. The number of amides is 1. The second kappa shape index (κ2) is 10.3. The number of carbonyl (C=O) groups is 2. The highest BCUT2D eigenvalue weighted by molar-refractivity contribution is 6.07. The zero-order chi connectivity index (χ0) is 22.4. The molecule has 2 aromatic carbocycles. The van der Waals surface area contributed by atoms with Crippen molar-refractivity contribution in [3.8, 4) is 5.75 Å². The molecule has 2 aromatic rings. The lowest BCUT2D eigenvalue weighted by Gasteiger charge is -2.34. The van der Waals surface area contributed by atoms with Gasteiger partial charge in [0.2, 0.25) is 0 Å². The van der Waals surface area contributed by atoms with Crippen molar-refractivity contribution < 1.29 is 24.0 Å². The topological polar surface area (TPSA) is 72.3 Å². The summed E-state index contributed by atoms with van der Waals surface area (Å²) < 4.78 is 10.5. The highest BCUT2D eigenvalue weighted by Crippen LogP contribution is 2.28. The molecule has 31 heavy (non-hydrogen) atoms. The molecule has 0 unspecified atom stereocenters. The number of nitrogens with zero attached hydrogens (tertiary/aromatic N) is 1. The molecule has 7 nitrogen and oxygen atoms in total. The predicted molar refractivity (Wildman–Crippen MR) is 121 cm³/mol. The van der Waals surface area contributed by atoms with Crippen LogP contribution >= 0.6 is 0 Å². The molecule has 0 aliphatic carbocycles. The lowest BCUT2D eigenvalue weighted by Crippen LogP contribution is -3.14. The van der Waals surface area contributed by atoms with E-state index in [-0.39, 0.29) is 12.0 Å². The van der Waals surface area contributed by atoms with Crippen molar-refractivity contribution in [1.29, 1.82) is 0 Å². The molecule has 0 spiro atoms. The van der Waals surface area contributed by atoms with Crippen LogP contribution in [0.15, 0.2) is 42.5 Å². The molecule has 1 fully saturated rings. The highest BCUT2D eigenvalue weighted by atomic mass is 16.5. The minimum Gasteiger partial charge on any atom is -0.491 e. The summed E-state index contributed by atoms with van der Waals surface area (Å²) in [5.41, 5.74) is 2.44. The van der Waals surface area contributed by atoms with Gasteiger partial charge in [-0.2, -0.15) is 0 Å². The Morgan fingerprint density at radius 2 is 1.71 bits per heavy atom. The molecule has 2 N–H and O–H groups in total. The van der Waals surface area contributed by atoms with Crippen molar-refractivity contribution in [2.45, 2.75) is 26.9 Å². The molecule has 1 aliphatic heterocycles. The molecule has 1 heterocycles. The van der Waals surface area contributed by atoms with E-state index in [1.54, 1.807) is 41.3 Å². The van der Waals surface area contributed by atoms with Crippen LogP contribution in [0.3, 0.4) is 0 Å². The molecule has 3 rings (SSSR count). The van der Waals surface area contributed by atoms with Gasteiger partial charge in [0.15, 0.2) is 0 Å². The summed E-state index contributed by atoms with van der Waals surface area (Å²) in [6.45, 7) is 11.1. The van der Waals surface area contributed by atoms with Gasteiger partial charge < -0.3 is 24.6 Å². The zero-order valence-electron chi connectivity index (χ0n) is 18.7. The quantitative estimate of drug-likeness (QED) is 0.665. The maximum absolute atomic E-state index is 12.9. The van der Waals surface area contributed by atoms with Crippen molar-refractivity contribution in [3.63, 3.8) is 0 Å². The number of hydrogen-bond acceptors (Lipinski definition) is 5. The fraction of sp³-hybridized carbons (Fsp3) is 0.417. The number of methoxy groups -OCH3 is 1. The number of rotatable bonds is 7. The SMILES string of the molecule is CC[NH+]1CCN(c2ccc(C(=O)OC)cc2NC(=O)c2ccc(OC(C)C)cc2)CC1. The number of nitrogens with one attached hydrogen (secondary N) is 2. The summed E-state index contributed by atoms with van der Waals surface area (Å²) in [6.07, 6.45) is 0.0679. The Kier molecular flexibility index (Phi) is 7.52. The largest absolute Gasteiger partial charge is 0.491 e. The smallest absolute Gasteiger partial charge is 0.337 e. The van der Waals surface area contributed by atoms with Crippen LogP contribution in [0.2, 0.25) is 0 Å². The number of piperazine rings is 1. The molecule has 0 radical (unpaired) electrons. The molecule has 0 bridgehead atoms. The number of hydrogen-bond donors (Lipinski definition) is 2. The van der Waals surface area contributed by atoms with Gasteiger partial charge in [0.25, 0.3) is 5.91 Å². The fourth-order valence-electron chi connectivity index (χ4n) is 3.73. The van der Waals surface area contributed by atoms with Crippen molar-refractivity contribution in [3.05, 3.63) is 53.6 Å². The molecule has 0 aromatic heterocycles. The van der Waals surface area contributed by atoms with Crippen molar-refractivity contribution in [2.75, 3.05) is 50.1 Å². The average Bonchev–Trinajstić information content (AvgIpc) is 2.78. The molecular formula is C24H32N3O4+. The summed E-state index contributed by atoms with van der Waals surface area (Å²) in [7, 11) is 1.35. The number of likely N-dealkylation sites (N-methyl/N-ethyl adjacent to an activating group) is 1. The van der Waals surface area contributed by atoms with E-state index >= 15 is 0 Å². The molecule has 7 heteroatoms. The highest BCUT2D eigenvalue weighted by Gasteiger charge is 2.22. The minimum atomic E-state index is -0.433. The number of anilines is 2. The Bertz CT molecular complexity index is 904. The van der Waals surface area contributed by atoms with Gasteiger partial charge in [0, 0.05) is 5.56 Å². The normalized spacial score (nSPS) is 14.4. The lowest BCUT2D eigenvalue weighted by molar-refractivity contribution is -0.898. The van der Waals surface area contributed by atoms with Crippen LogP contribution in [0.5, 0.6) is 5.75 Å². The lowest BCUT2D eigenvalue weighted by atomic mass is 10.1. The molecule has 0 atom stereocenters. The Morgan fingerprint density at radius 3 is 2.29 bits per heavy atom. The summed E-state index contributed by atoms with van der Waals surface area (Å²) in [5, 5.41) is 2.99. The van der Waals surface area contributed by atoms with Gasteiger partial charge >= 0.3 is 5.97 Å². The maximum Gasteiger partial charge on any atom is 0.337 e. The number of quaternary nitrogens is 1. The first-order chi connectivity index (χ1) is 14.9. The summed E-state index contributed by atoms with van der Waals surface area (Å²) in [5.74, 6) is 0.0471. The second-order valence-corrected chi connectivity index (χ2v) is 7.96. The van der Waals surface area contributed by atoms with Gasteiger partial charge in [-0.15, -0.1) is 0 Å². The van der Waals surface area contributed by atoms with Crippen LogP contribution in [0.4, 0.5) is 11.4 Å². The Morgan fingerprint density at radius 1 is 1.06 bits per heavy atom. The average molecular weight is 427 g/mol. The zero-order valence-corrected chi connectivity index (χ0v) is 18.7. The maximum atomic E-state index is 12.9. The minimum absolute atomic E-state index is 0.0679. The third-order valence-electron chi connectivity index (χ3n) is 5.47. The number of esters is 1. The van der Waals surface area contributed by atoms with Gasteiger partial charge in [-0.3, -0.25) is 4.79 Å². The summed E-state index contributed by atoms with van der Waals surface area (Å²) in [6, 6.07) is 12.4. The molecule has 1 aliphatic rings. The molecule has 0 saturated carbocycles. The van der Waals surface area contributed by atoms with Crippen molar-refractivity contribution in [1.82, 2.24) is 0 Å². The van der Waals surface area contributed by atoms with Crippen molar-refractivity contribution >= 4 is 23.3 Å². The van der Waals surface area contributed by atoms with Crippen LogP contribution in [0.1, 0.15) is 41.5 Å². The van der Waals surface area contributed by atoms with Gasteiger partial charge in [0.05, 0.1) is 62.9 Å². The molecular weight excluding hydrogens is 394 g/mol. The van der Waals surface area contributed by atoms with E-state index in [0.29, 0.717) is 16.8 Å². The van der Waals surface area contributed by atoms with Crippen molar-refractivity contribution in [2.24, 2.45) is 0 Å². The fourth-order valence-corrected chi connectivity index (χ4v) is 3.73. The number of carbonyl (C=O) groups excluding carboxylic acids is 2. The van der Waals surface area contributed by atoms with Gasteiger partial charge in [-0.05, 0) is 63.2 Å².